The summed E-state index contributed by atoms with van der Waals surface area (Å²) in [6.07, 6.45) is 0. The zero-order chi connectivity index (χ0) is 22.1. The number of hydrogen-bond acceptors (Lipinski definition) is 9. The normalized spacial score (nSPS) is 11.0. The van der Waals surface area contributed by atoms with Gasteiger partial charge in [-0.1, -0.05) is 35.9 Å². The Morgan fingerprint density at radius 2 is 1.52 bits per heavy atom. The predicted octanol–water partition coefficient (Wildman–Crippen LogP) is 4.26. The molecule has 0 spiro atoms. The number of nitrogen functional groups attached to an aromatic ring is 2. The van der Waals surface area contributed by atoms with Gasteiger partial charge in [-0.25, -0.2) is 4.98 Å². The van der Waals surface area contributed by atoms with E-state index in [9.17, 15) is 8.42 Å². The molecule has 0 fully saturated rings. The summed E-state index contributed by atoms with van der Waals surface area (Å²) in [6.45, 7) is 1.89. The quantitative estimate of drug-likeness (QED) is 0.425. The van der Waals surface area contributed by atoms with Crippen LogP contribution in [0, 0.1) is 6.92 Å². The van der Waals surface area contributed by atoms with Crippen molar-refractivity contribution in [1.29, 1.82) is 0 Å². The van der Waals surface area contributed by atoms with Gasteiger partial charge in [0.25, 0.3) is 0 Å². The van der Waals surface area contributed by atoms with E-state index in [-0.39, 0.29) is 23.1 Å². The van der Waals surface area contributed by atoms with E-state index in [1.165, 1.54) is 26.2 Å². The summed E-state index contributed by atoms with van der Waals surface area (Å²) in [7, 11) is -0.611. The summed E-state index contributed by atoms with van der Waals surface area (Å²) >= 11 is 0. The van der Waals surface area contributed by atoms with E-state index >= 15 is 0 Å². The molecule has 0 unspecified atom stereocenters. The Hall–Kier alpha value is -3.05. The molecule has 1 aromatic heterocycles. The third kappa shape index (κ3) is 8.69. The molecule has 0 bridgehead atoms. The maximum absolute atomic E-state index is 11.5. The second-order valence-corrected chi connectivity index (χ2v) is 7.86. The number of benzene rings is 2. The number of pyridine rings is 1. The third-order valence-electron chi connectivity index (χ3n) is 3.51. The summed E-state index contributed by atoms with van der Waals surface area (Å²) in [5.41, 5.74) is 13.4. The number of nitrogens with two attached hydrogens (primary N) is 2. The van der Waals surface area contributed by atoms with Crippen molar-refractivity contribution in [2.45, 2.75) is 11.8 Å². The number of aromatic nitrogens is 1. The van der Waals surface area contributed by atoms with Crippen LogP contribution in [0.2, 0.25) is 0 Å². The highest BCUT2D eigenvalue weighted by Gasteiger charge is 2.15. The Morgan fingerprint density at radius 1 is 0.903 bits per heavy atom. The predicted molar refractivity (Wildman–Crippen MR) is 124 cm³/mol. The minimum Gasteiger partial charge on any atom is -0.384 e. The Kier molecular flexibility index (Phi) is 10.0. The summed E-state index contributed by atoms with van der Waals surface area (Å²) < 4.78 is 27.6. The van der Waals surface area contributed by atoms with Crippen LogP contribution >= 0.6 is 12.4 Å². The van der Waals surface area contributed by atoms with Gasteiger partial charge in [0.15, 0.2) is 5.82 Å². The van der Waals surface area contributed by atoms with Gasteiger partial charge in [-0.15, -0.1) is 17.5 Å². The van der Waals surface area contributed by atoms with E-state index < -0.39 is 10.1 Å². The maximum atomic E-state index is 11.5. The molecule has 0 radical (unpaired) electrons. The number of hydrogen-bond donors (Lipinski definition) is 2. The van der Waals surface area contributed by atoms with Crippen LogP contribution in [0.15, 0.2) is 81.9 Å². The number of hydroxylamine groups is 2. The lowest BCUT2D eigenvalue weighted by molar-refractivity contribution is 0.00514. The fourth-order valence-corrected chi connectivity index (χ4v) is 3.07. The van der Waals surface area contributed by atoms with Crippen molar-refractivity contribution in [2.24, 2.45) is 10.2 Å². The van der Waals surface area contributed by atoms with Crippen LogP contribution in [0.3, 0.4) is 0 Å². The highest BCUT2D eigenvalue weighted by Crippen LogP contribution is 2.23. The molecule has 0 amide bonds. The molecule has 4 N–H and O–H groups in total. The number of nitrogens with zero attached hydrogens (tertiary/aromatic N) is 4. The van der Waals surface area contributed by atoms with Crippen LogP contribution in [0.5, 0.6) is 0 Å². The summed E-state index contributed by atoms with van der Waals surface area (Å²) in [6, 6.07) is 19.2. The van der Waals surface area contributed by atoms with Gasteiger partial charge < -0.3 is 11.5 Å². The second kappa shape index (κ2) is 12.0. The van der Waals surface area contributed by atoms with E-state index in [1.54, 1.807) is 24.3 Å². The topological polar surface area (TPSA) is 136 Å². The molecule has 0 saturated carbocycles. The molecular weight excluding hydrogens is 440 g/mol. The van der Waals surface area contributed by atoms with Gasteiger partial charge in [0, 0.05) is 14.1 Å². The monoisotopic (exact) mass is 464 g/mol. The average molecular weight is 465 g/mol. The molecule has 0 atom stereocenters. The summed E-state index contributed by atoms with van der Waals surface area (Å²) in [5.74, 6) is 0.649. The molecular formula is C20H25ClN6O3S. The Bertz CT molecular complexity index is 1090. The second-order valence-electron chi connectivity index (χ2n) is 6.33. The van der Waals surface area contributed by atoms with Gasteiger partial charge in [-0.05, 0) is 43.3 Å². The zero-order valence-corrected chi connectivity index (χ0v) is 19.0. The highest BCUT2D eigenvalue weighted by molar-refractivity contribution is 7.86. The van der Waals surface area contributed by atoms with Crippen molar-refractivity contribution in [3.05, 3.63) is 72.3 Å². The summed E-state index contributed by atoms with van der Waals surface area (Å²) in [4.78, 5) is 4.05. The molecule has 2 aromatic carbocycles. The molecule has 9 nitrogen and oxygen atoms in total. The fourth-order valence-electron chi connectivity index (χ4n) is 2.12. The van der Waals surface area contributed by atoms with Crippen LogP contribution in [0.25, 0.3) is 0 Å². The molecule has 1 heterocycles. The molecule has 11 heteroatoms. The van der Waals surface area contributed by atoms with E-state index in [2.05, 4.69) is 19.5 Å². The van der Waals surface area contributed by atoms with Gasteiger partial charge in [0.1, 0.15) is 11.5 Å². The first kappa shape index (κ1) is 26.0. The first-order valence-electron chi connectivity index (χ1n) is 8.85. The highest BCUT2D eigenvalue weighted by atomic mass is 35.5. The van der Waals surface area contributed by atoms with Crippen molar-refractivity contribution >= 4 is 45.5 Å². The number of halogens is 1. The number of azo groups is 1. The van der Waals surface area contributed by atoms with Gasteiger partial charge in [-0.2, -0.15) is 22.9 Å². The van der Waals surface area contributed by atoms with Gasteiger partial charge >= 0.3 is 10.1 Å². The van der Waals surface area contributed by atoms with Gasteiger partial charge in [0.2, 0.25) is 0 Å². The first-order valence-corrected chi connectivity index (χ1v) is 10.3. The molecule has 0 aliphatic rings. The molecule has 3 rings (SSSR count). The van der Waals surface area contributed by atoms with Gasteiger partial charge in [0.05, 0.1) is 10.6 Å². The Morgan fingerprint density at radius 3 is 2.06 bits per heavy atom. The number of aryl methyl sites for hydroxylation is 1. The SMILES string of the molecule is Cc1ccc(S(=O)(=O)ON(C)C)cc1.Cl.Nc1ccc(N=Nc2ccccc2)c(N)n1. The van der Waals surface area contributed by atoms with Crippen LogP contribution in [-0.2, 0) is 14.4 Å². The third-order valence-corrected chi connectivity index (χ3v) is 4.85. The Balaban J connectivity index is 0.000000303. The van der Waals surface area contributed by atoms with Crippen molar-refractivity contribution in [3.63, 3.8) is 0 Å². The van der Waals surface area contributed by atoms with Crippen LogP contribution < -0.4 is 11.5 Å². The average Bonchev–Trinajstić information content (AvgIpc) is 2.68. The first-order chi connectivity index (χ1) is 14.2. The molecule has 0 aliphatic heterocycles. The lowest BCUT2D eigenvalue weighted by atomic mass is 10.2. The fraction of sp³-hybridized carbons (Fsp3) is 0.150. The van der Waals surface area contributed by atoms with Gasteiger partial charge in [-0.3, -0.25) is 0 Å². The summed E-state index contributed by atoms with van der Waals surface area (Å²) in [5, 5.41) is 9.18. The van der Waals surface area contributed by atoms with E-state index in [4.69, 9.17) is 11.5 Å². The van der Waals surface area contributed by atoms with E-state index in [0.29, 0.717) is 11.5 Å². The van der Waals surface area contributed by atoms with Crippen molar-refractivity contribution < 1.29 is 12.7 Å². The molecule has 3 aromatic rings. The standard InChI is InChI=1S/C11H11N5.C9H13NO3S.ClH/c12-10-7-6-9(11(13)14-10)16-15-8-4-2-1-3-5-8;1-8-4-6-9(7-5-8)14(11,12)13-10(2)3;/h1-7H,(H4,12,13,14);4-7H,1-3H3;1H. The van der Waals surface area contributed by atoms with Crippen LogP contribution in [0.4, 0.5) is 23.0 Å². The van der Waals surface area contributed by atoms with Crippen molar-refractivity contribution in [1.82, 2.24) is 10.0 Å². The smallest absolute Gasteiger partial charge is 0.313 e. The largest absolute Gasteiger partial charge is 0.384 e. The lowest BCUT2D eigenvalue weighted by Gasteiger charge is -2.10. The minimum absolute atomic E-state index is 0. The Labute approximate surface area is 188 Å². The van der Waals surface area contributed by atoms with Crippen molar-refractivity contribution in [3.8, 4) is 0 Å². The van der Waals surface area contributed by atoms with E-state index in [0.717, 1.165) is 16.3 Å². The maximum Gasteiger partial charge on any atom is 0.313 e. The molecule has 31 heavy (non-hydrogen) atoms. The van der Waals surface area contributed by atoms with Crippen LogP contribution in [-0.4, -0.2) is 32.6 Å². The molecule has 0 saturated heterocycles. The lowest BCUT2D eigenvalue weighted by Crippen LogP contribution is -2.18. The minimum atomic E-state index is -3.65. The van der Waals surface area contributed by atoms with Crippen molar-refractivity contribution in [2.75, 3.05) is 25.6 Å². The molecule has 166 valence electrons. The number of anilines is 2. The van der Waals surface area contributed by atoms with E-state index in [1.807, 2.05) is 37.3 Å². The van der Waals surface area contributed by atoms with Crippen LogP contribution in [0.1, 0.15) is 5.56 Å². The molecule has 0 aliphatic carbocycles. The number of rotatable bonds is 5. The zero-order valence-electron chi connectivity index (χ0n) is 17.3.